The molecule has 0 aromatic heterocycles. The lowest BCUT2D eigenvalue weighted by atomic mass is 10.0. The highest BCUT2D eigenvalue weighted by molar-refractivity contribution is 6.33. The Labute approximate surface area is 138 Å². The van der Waals surface area contributed by atoms with Crippen LogP contribution in [0.5, 0.6) is 0 Å². The molecule has 0 aliphatic carbocycles. The fourth-order valence-corrected chi connectivity index (χ4v) is 2.92. The van der Waals surface area contributed by atoms with E-state index in [-0.39, 0.29) is 18.0 Å². The second-order valence-electron chi connectivity index (χ2n) is 5.12. The first kappa shape index (κ1) is 15.3. The largest absolute Gasteiger partial charge is 0.323 e. The van der Waals surface area contributed by atoms with Crippen molar-refractivity contribution >= 4 is 34.8 Å². The molecule has 114 valence electrons. The Morgan fingerprint density at radius 2 is 1.68 bits per heavy atom. The standard InChI is InChI=1S/C16H15Cl2N3O/c17-11-6-2-1-5-10(11)14-9-15(21-20-14)16(22)19-13-8-4-3-7-12(13)18/h1-8,14-15,20-21H,9H2,(H,19,22). The SMILES string of the molecule is O=C(Nc1ccccc1Cl)C1CC(c2ccccc2Cl)NN1. The van der Waals surface area contributed by atoms with Gasteiger partial charge in [-0.1, -0.05) is 53.5 Å². The van der Waals surface area contributed by atoms with Crippen LogP contribution >= 0.6 is 23.2 Å². The van der Waals surface area contributed by atoms with Crippen LogP contribution in [-0.4, -0.2) is 11.9 Å². The van der Waals surface area contributed by atoms with Crippen LogP contribution in [0.1, 0.15) is 18.0 Å². The molecule has 3 rings (SSSR count). The first-order valence-electron chi connectivity index (χ1n) is 6.96. The third-order valence-corrected chi connectivity index (χ3v) is 4.31. The van der Waals surface area contributed by atoms with Gasteiger partial charge in [0.1, 0.15) is 6.04 Å². The highest BCUT2D eigenvalue weighted by Crippen LogP contribution is 2.29. The molecule has 1 fully saturated rings. The maximum atomic E-state index is 12.3. The second kappa shape index (κ2) is 6.67. The molecular weight excluding hydrogens is 321 g/mol. The van der Waals surface area contributed by atoms with Crippen molar-refractivity contribution in [2.75, 3.05) is 5.32 Å². The van der Waals surface area contributed by atoms with Gasteiger partial charge in [-0.05, 0) is 30.2 Å². The summed E-state index contributed by atoms with van der Waals surface area (Å²) in [4.78, 5) is 12.3. The monoisotopic (exact) mass is 335 g/mol. The average Bonchev–Trinajstić information content (AvgIpc) is 3.00. The number of benzene rings is 2. The van der Waals surface area contributed by atoms with E-state index in [4.69, 9.17) is 23.2 Å². The van der Waals surface area contributed by atoms with Crippen molar-refractivity contribution in [3.8, 4) is 0 Å². The first-order chi connectivity index (χ1) is 10.6. The minimum Gasteiger partial charge on any atom is -0.323 e. The Hall–Kier alpha value is -1.59. The predicted octanol–water partition coefficient (Wildman–Crippen LogP) is 3.54. The Morgan fingerprint density at radius 1 is 1.00 bits per heavy atom. The van der Waals surface area contributed by atoms with Gasteiger partial charge in [0.25, 0.3) is 0 Å². The molecule has 1 saturated heterocycles. The highest BCUT2D eigenvalue weighted by atomic mass is 35.5. The zero-order valence-corrected chi connectivity index (χ0v) is 13.2. The molecule has 4 nitrogen and oxygen atoms in total. The summed E-state index contributed by atoms with van der Waals surface area (Å²) in [7, 11) is 0. The Kier molecular flexibility index (Phi) is 4.64. The van der Waals surface area contributed by atoms with Crippen LogP contribution in [0.2, 0.25) is 10.0 Å². The summed E-state index contributed by atoms with van der Waals surface area (Å²) in [6, 6.07) is 14.4. The van der Waals surface area contributed by atoms with E-state index in [0.29, 0.717) is 22.2 Å². The Bertz CT molecular complexity index is 693. The van der Waals surface area contributed by atoms with Gasteiger partial charge in [-0.2, -0.15) is 0 Å². The number of hydrogen-bond donors (Lipinski definition) is 3. The number of rotatable bonds is 3. The van der Waals surface area contributed by atoms with Gasteiger partial charge in [0.2, 0.25) is 5.91 Å². The van der Waals surface area contributed by atoms with Gasteiger partial charge in [0.05, 0.1) is 10.7 Å². The number of halogens is 2. The fourth-order valence-electron chi connectivity index (χ4n) is 2.47. The van der Waals surface area contributed by atoms with E-state index in [0.717, 1.165) is 5.56 Å². The lowest BCUT2D eigenvalue weighted by Crippen LogP contribution is -2.39. The molecule has 1 amide bonds. The van der Waals surface area contributed by atoms with Crippen molar-refractivity contribution in [1.82, 2.24) is 10.9 Å². The highest BCUT2D eigenvalue weighted by Gasteiger charge is 2.31. The van der Waals surface area contributed by atoms with E-state index in [1.807, 2.05) is 36.4 Å². The van der Waals surface area contributed by atoms with Crippen LogP contribution in [0.3, 0.4) is 0 Å². The molecule has 1 aliphatic rings. The van der Waals surface area contributed by atoms with Crippen LogP contribution in [0.25, 0.3) is 0 Å². The zero-order chi connectivity index (χ0) is 15.5. The van der Waals surface area contributed by atoms with E-state index < -0.39 is 0 Å². The molecule has 22 heavy (non-hydrogen) atoms. The molecule has 3 N–H and O–H groups in total. The van der Waals surface area contributed by atoms with Gasteiger partial charge in [-0.15, -0.1) is 0 Å². The van der Waals surface area contributed by atoms with Crippen LogP contribution in [0.15, 0.2) is 48.5 Å². The number of hydrazine groups is 1. The van der Waals surface area contributed by atoms with Crippen molar-refractivity contribution in [3.05, 3.63) is 64.1 Å². The van der Waals surface area contributed by atoms with Crippen molar-refractivity contribution in [1.29, 1.82) is 0 Å². The van der Waals surface area contributed by atoms with E-state index in [9.17, 15) is 4.79 Å². The number of anilines is 1. The van der Waals surface area contributed by atoms with E-state index in [1.54, 1.807) is 12.1 Å². The van der Waals surface area contributed by atoms with Crippen molar-refractivity contribution in [3.63, 3.8) is 0 Å². The van der Waals surface area contributed by atoms with Crippen LogP contribution in [-0.2, 0) is 4.79 Å². The summed E-state index contributed by atoms with van der Waals surface area (Å²) in [6.07, 6.45) is 0.611. The number of nitrogens with one attached hydrogen (secondary N) is 3. The summed E-state index contributed by atoms with van der Waals surface area (Å²) in [6.45, 7) is 0. The smallest absolute Gasteiger partial charge is 0.242 e. The molecule has 2 aromatic carbocycles. The summed E-state index contributed by atoms with van der Waals surface area (Å²) in [5, 5.41) is 4.04. The molecule has 1 heterocycles. The normalized spacial score (nSPS) is 20.8. The molecule has 2 unspecified atom stereocenters. The number of carbonyl (C=O) groups excluding carboxylic acids is 1. The molecule has 0 radical (unpaired) electrons. The number of amides is 1. The van der Waals surface area contributed by atoms with Crippen LogP contribution in [0.4, 0.5) is 5.69 Å². The second-order valence-corrected chi connectivity index (χ2v) is 5.93. The number of hydrogen-bond acceptors (Lipinski definition) is 3. The molecular formula is C16H15Cl2N3O. The van der Waals surface area contributed by atoms with Crippen LogP contribution < -0.4 is 16.2 Å². The minimum absolute atomic E-state index is 0.00399. The lowest BCUT2D eigenvalue weighted by Gasteiger charge is -2.12. The summed E-state index contributed by atoms with van der Waals surface area (Å²) in [5.41, 5.74) is 7.71. The lowest BCUT2D eigenvalue weighted by molar-refractivity contribution is -0.117. The van der Waals surface area contributed by atoms with Crippen LogP contribution in [0, 0.1) is 0 Å². The quantitative estimate of drug-likeness (QED) is 0.804. The third kappa shape index (κ3) is 3.25. The Balaban J connectivity index is 1.67. The summed E-state index contributed by atoms with van der Waals surface area (Å²) >= 11 is 12.2. The number of carbonyl (C=O) groups is 1. The average molecular weight is 336 g/mol. The molecule has 0 saturated carbocycles. The van der Waals surface area contributed by atoms with Gasteiger partial charge >= 0.3 is 0 Å². The van der Waals surface area contributed by atoms with E-state index in [1.165, 1.54) is 0 Å². The maximum Gasteiger partial charge on any atom is 0.242 e. The fraction of sp³-hybridized carbons (Fsp3) is 0.188. The van der Waals surface area contributed by atoms with E-state index >= 15 is 0 Å². The molecule has 6 heteroatoms. The van der Waals surface area contributed by atoms with Gasteiger partial charge < -0.3 is 5.32 Å². The maximum absolute atomic E-state index is 12.3. The topological polar surface area (TPSA) is 53.2 Å². The predicted molar refractivity (Wildman–Crippen MR) is 89.0 cm³/mol. The number of para-hydroxylation sites is 1. The van der Waals surface area contributed by atoms with E-state index in [2.05, 4.69) is 16.2 Å². The third-order valence-electron chi connectivity index (χ3n) is 3.63. The summed E-state index contributed by atoms with van der Waals surface area (Å²) < 4.78 is 0. The summed E-state index contributed by atoms with van der Waals surface area (Å²) in [5.74, 6) is -0.129. The minimum atomic E-state index is -0.349. The molecule has 0 spiro atoms. The molecule has 1 aliphatic heterocycles. The van der Waals surface area contributed by atoms with Crippen molar-refractivity contribution < 1.29 is 4.79 Å². The van der Waals surface area contributed by atoms with Crippen molar-refractivity contribution in [2.45, 2.75) is 18.5 Å². The zero-order valence-electron chi connectivity index (χ0n) is 11.6. The van der Waals surface area contributed by atoms with Gasteiger partial charge in [0.15, 0.2) is 0 Å². The van der Waals surface area contributed by atoms with Gasteiger partial charge in [-0.3, -0.25) is 4.79 Å². The Morgan fingerprint density at radius 3 is 2.41 bits per heavy atom. The van der Waals surface area contributed by atoms with Gasteiger partial charge in [-0.25, -0.2) is 10.9 Å². The van der Waals surface area contributed by atoms with Gasteiger partial charge in [0, 0.05) is 11.1 Å². The molecule has 2 atom stereocenters. The molecule has 2 aromatic rings. The first-order valence-corrected chi connectivity index (χ1v) is 7.71. The van der Waals surface area contributed by atoms with Crippen molar-refractivity contribution in [2.24, 2.45) is 0 Å². The molecule has 0 bridgehead atoms.